The summed E-state index contributed by atoms with van der Waals surface area (Å²) in [5.41, 5.74) is 5.25. The van der Waals surface area contributed by atoms with Crippen molar-refractivity contribution in [3.63, 3.8) is 0 Å². The molecule has 0 saturated heterocycles. The van der Waals surface area contributed by atoms with Crippen molar-refractivity contribution in [3.05, 3.63) is 64.8 Å². The van der Waals surface area contributed by atoms with Gasteiger partial charge in [-0.1, -0.05) is 30.3 Å². The highest BCUT2D eigenvalue weighted by atomic mass is 16.5. The van der Waals surface area contributed by atoms with Crippen molar-refractivity contribution in [2.45, 2.75) is 53.8 Å². The van der Waals surface area contributed by atoms with Crippen molar-refractivity contribution in [3.8, 4) is 5.69 Å². The molecule has 0 unspecified atom stereocenters. The molecule has 2 aliphatic rings. The van der Waals surface area contributed by atoms with Crippen molar-refractivity contribution in [1.29, 1.82) is 0 Å². The average molecular weight is 458 g/mol. The van der Waals surface area contributed by atoms with Gasteiger partial charge in [-0.05, 0) is 59.1 Å². The summed E-state index contributed by atoms with van der Waals surface area (Å²) in [5.74, 6) is -0.818. The quantitative estimate of drug-likeness (QED) is 0.170. The van der Waals surface area contributed by atoms with E-state index in [1.54, 1.807) is 0 Å². The van der Waals surface area contributed by atoms with Crippen LogP contribution in [0.3, 0.4) is 0 Å². The van der Waals surface area contributed by atoms with Gasteiger partial charge in [0, 0.05) is 22.0 Å². The second-order valence-electron chi connectivity index (χ2n) is 9.18. The van der Waals surface area contributed by atoms with Gasteiger partial charge in [0.1, 0.15) is 0 Å². The Bertz CT molecular complexity index is 1570. The van der Waals surface area contributed by atoms with Crippen LogP contribution in [0.2, 0.25) is 0 Å². The normalized spacial score (nSPS) is 12.0. The van der Waals surface area contributed by atoms with Gasteiger partial charge >= 0.3 is 11.9 Å². The van der Waals surface area contributed by atoms with E-state index in [1.165, 1.54) is 0 Å². The highest BCUT2D eigenvalue weighted by Gasteiger charge is 2.31. The molecule has 5 rings (SSSR count). The Kier molecular flexibility index (Phi) is 5.12. The fraction of sp³-hybridized carbons (Fsp3) is 0.286. The molecule has 2 heterocycles. The number of benzene rings is 3. The molecule has 0 saturated carbocycles. The third-order valence-corrected chi connectivity index (χ3v) is 6.10. The molecule has 0 spiro atoms. The van der Waals surface area contributed by atoms with E-state index >= 15 is 0 Å². The summed E-state index contributed by atoms with van der Waals surface area (Å²) in [6, 6.07) is 13.3. The summed E-state index contributed by atoms with van der Waals surface area (Å²) in [4.78, 5) is 26.6. The Hall–Kier alpha value is -3.80. The van der Waals surface area contributed by atoms with Crippen LogP contribution in [0.25, 0.3) is 38.5 Å². The highest BCUT2D eigenvalue weighted by molar-refractivity contribution is 6.22. The van der Waals surface area contributed by atoms with Crippen LogP contribution in [-0.4, -0.2) is 28.7 Å². The van der Waals surface area contributed by atoms with E-state index in [9.17, 15) is 9.59 Å². The molecule has 0 atom stereocenters. The van der Waals surface area contributed by atoms with Crippen molar-refractivity contribution in [2.75, 3.05) is 0 Å². The molecule has 0 N–H and O–H groups in total. The van der Waals surface area contributed by atoms with Crippen LogP contribution in [-0.2, 0) is 9.47 Å². The van der Waals surface area contributed by atoms with Gasteiger partial charge in [0.25, 0.3) is 0 Å². The maximum atomic E-state index is 13.3. The zero-order chi connectivity index (χ0) is 24.3. The van der Waals surface area contributed by atoms with E-state index in [1.807, 2.05) is 88.6 Å². The first kappa shape index (κ1) is 22.0. The molecule has 2 aliphatic heterocycles. The van der Waals surface area contributed by atoms with Gasteiger partial charge in [0.2, 0.25) is 0 Å². The minimum absolute atomic E-state index is 0.268. The first-order valence-electron chi connectivity index (χ1n) is 11.5. The molecule has 6 nitrogen and oxygen atoms in total. The van der Waals surface area contributed by atoms with Crippen LogP contribution in [0.5, 0.6) is 0 Å². The molecule has 0 fully saturated rings. The lowest BCUT2D eigenvalue weighted by molar-refractivity contribution is 0.0368. The van der Waals surface area contributed by atoms with Crippen LogP contribution in [0.15, 0.2) is 46.9 Å². The lowest BCUT2D eigenvalue weighted by Crippen LogP contribution is -2.20. The van der Waals surface area contributed by atoms with E-state index < -0.39 is 11.9 Å². The zero-order valence-corrected chi connectivity index (χ0v) is 20.2. The Morgan fingerprint density at radius 1 is 0.824 bits per heavy atom. The smallest absolute Gasteiger partial charge is 0.340 e. The number of rotatable bonds is 4. The molecule has 0 amide bonds. The Morgan fingerprint density at radius 2 is 1.41 bits per heavy atom. The maximum absolute atomic E-state index is 13.3. The van der Waals surface area contributed by atoms with Gasteiger partial charge in [0.15, 0.2) is 11.2 Å². The SMILES string of the molecule is Cc1c(C(=O)OC(C)C)c2cccc3c(C(=O)OC(C)C)c(C)n4c5ccccc5oc1c-4c23. The lowest BCUT2D eigenvalue weighted by Gasteiger charge is -2.27. The van der Waals surface area contributed by atoms with Crippen LogP contribution < -0.4 is 0 Å². The summed E-state index contributed by atoms with van der Waals surface area (Å²) >= 11 is 0. The Balaban J connectivity index is 2.05. The molecule has 3 aromatic carbocycles. The summed E-state index contributed by atoms with van der Waals surface area (Å²) in [5, 5.41) is 2.21. The predicted octanol–water partition coefficient (Wildman–Crippen LogP) is 6.71. The number of nitrogens with zero attached hydrogens (tertiary/aromatic N) is 1. The Morgan fingerprint density at radius 3 is 2.06 bits per heavy atom. The number of pyridine rings is 1. The third kappa shape index (κ3) is 3.16. The predicted molar refractivity (Wildman–Crippen MR) is 132 cm³/mol. The third-order valence-electron chi connectivity index (χ3n) is 6.10. The number of aryl methyl sites for hydroxylation is 1. The molecule has 0 bridgehead atoms. The van der Waals surface area contributed by atoms with Crippen molar-refractivity contribution < 1.29 is 23.5 Å². The van der Waals surface area contributed by atoms with Gasteiger partial charge in [-0.15, -0.1) is 0 Å². The monoisotopic (exact) mass is 457 g/mol. The molecule has 34 heavy (non-hydrogen) atoms. The number of hydrogen-bond donors (Lipinski definition) is 0. The number of aromatic nitrogens is 1. The topological polar surface area (TPSA) is 70.7 Å². The number of fused-ring (bicyclic) bond motifs is 2. The maximum Gasteiger partial charge on any atom is 0.340 e. The van der Waals surface area contributed by atoms with Gasteiger partial charge < -0.3 is 18.5 Å². The molecule has 174 valence electrons. The van der Waals surface area contributed by atoms with E-state index in [0.29, 0.717) is 27.9 Å². The van der Waals surface area contributed by atoms with E-state index in [-0.39, 0.29) is 12.2 Å². The van der Waals surface area contributed by atoms with Gasteiger partial charge in [-0.2, -0.15) is 0 Å². The summed E-state index contributed by atoms with van der Waals surface area (Å²) in [6.45, 7) is 11.1. The first-order valence-corrected chi connectivity index (χ1v) is 11.5. The lowest BCUT2D eigenvalue weighted by atomic mass is 9.90. The molecular weight excluding hydrogens is 430 g/mol. The number of para-hydroxylation sites is 2. The van der Waals surface area contributed by atoms with Gasteiger partial charge in [-0.3, -0.25) is 0 Å². The summed E-state index contributed by atoms with van der Waals surface area (Å²) in [7, 11) is 0. The highest BCUT2D eigenvalue weighted by Crippen LogP contribution is 2.44. The van der Waals surface area contributed by atoms with Crippen molar-refractivity contribution >= 4 is 44.8 Å². The van der Waals surface area contributed by atoms with Crippen LogP contribution >= 0.6 is 0 Å². The van der Waals surface area contributed by atoms with Crippen LogP contribution in [0.4, 0.5) is 0 Å². The van der Waals surface area contributed by atoms with E-state index in [2.05, 4.69) is 0 Å². The molecule has 0 aliphatic carbocycles. The number of carbonyl (C=O) groups excluding carboxylic acids is 2. The number of carbonyl (C=O) groups is 2. The summed E-state index contributed by atoms with van der Waals surface area (Å²) in [6.07, 6.45) is -0.540. The average Bonchev–Trinajstić information content (AvgIpc) is 2.76. The number of ether oxygens (including phenoxy) is 2. The second kappa shape index (κ2) is 7.90. The van der Waals surface area contributed by atoms with Crippen molar-refractivity contribution in [1.82, 2.24) is 4.57 Å². The van der Waals surface area contributed by atoms with Crippen LogP contribution in [0.1, 0.15) is 59.7 Å². The van der Waals surface area contributed by atoms with E-state index in [4.69, 9.17) is 13.9 Å². The minimum Gasteiger partial charge on any atom is -0.459 e. The Labute approximate surface area is 197 Å². The molecule has 6 heteroatoms. The molecule has 0 radical (unpaired) electrons. The molecule has 0 aromatic heterocycles. The van der Waals surface area contributed by atoms with Crippen molar-refractivity contribution in [2.24, 2.45) is 0 Å². The van der Waals surface area contributed by atoms with E-state index in [0.717, 1.165) is 33.1 Å². The first-order chi connectivity index (χ1) is 16.2. The molecular formula is C28H27NO5. The van der Waals surface area contributed by atoms with Gasteiger partial charge in [0.05, 0.1) is 34.5 Å². The minimum atomic E-state index is -0.418. The second-order valence-corrected chi connectivity index (χ2v) is 9.18. The zero-order valence-electron chi connectivity index (χ0n) is 20.2. The van der Waals surface area contributed by atoms with Gasteiger partial charge in [-0.25, -0.2) is 9.59 Å². The number of esters is 2. The number of hydrogen-bond acceptors (Lipinski definition) is 5. The standard InChI is InChI=1S/C28H27NO5/c1-14(2)32-27(30)22-16(5)26-25-24-18(22)10-9-11-19(24)23(28(31)33-15(3)4)17(6)29(25)20-12-7-8-13-21(20)34-26/h7-15H,1-6H3. The van der Waals surface area contributed by atoms with Crippen LogP contribution in [0, 0.1) is 13.8 Å². The summed E-state index contributed by atoms with van der Waals surface area (Å²) < 4.78 is 19.7. The fourth-order valence-corrected chi connectivity index (χ4v) is 4.85. The molecule has 3 aromatic rings. The fourth-order valence-electron chi connectivity index (χ4n) is 4.85. The largest absolute Gasteiger partial charge is 0.459 e.